The van der Waals surface area contributed by atoms with Crippen LogP contribution in [0.4, 0.5) is 0 Å². The van der Waals surface area contributed by atoms with E-state index in [9.17, 15) is 24.9 Å². The second kappa shape index (κ2) is 7.77. The Labute approximate surface area is 142 Å². The average Bonchev–Trinajstić information content (AvgIpc) is 2.44. The molecule has 0 saturated carbocycles. The maximum atomic E-state index is 12.1. The number of aliphatic hydroxyl groups excluding tert-OH is 1. The van der Waals surface area contributed by atoms with Gasteiger partial charge in [-0.25, -0.2) is 0 Å². The first-order valence-corrected chi connectivity index (χ1v) is 7.89. The number of rotatable bonds is 7. The van der Waals surface area contributed by atoms with Gasteiger partial charge in [0, 0.05) is 0 Å². The van der Waals surface area contributed by atoms with Crippen LogP contribution < -0.4 is 0 Å². The van der Waals surface area contributed by atoms with Gasteiger partial charge in [0.2, 0.25) is 0 Å². The normalized spacial score (nSPS) is 14.3. The maximum Gasteiger partial charge on any atom is 0.315 e. The fourth-order valence-corrected chi connectivity index (χ4v) is 2.40. The van der Waals surface area contributed by atoms with E-state index in [0.29, 0.717) is 5.56 Å². The van der Waals surface area contributed by atoms with Crippen molar-refractivity contribution in [3.63, 3.8) is 0 Å². The third-order valence-corrected chi connectivity index (χ3v) is 3.75. The van der Waals surface area contributed by atoms with E-state index in [2.05, 4.69) is 0 Å². The summed E-state index contributed by atoms with van der Waals surface area (Å²) in [6, 6.07) is 7.15. The van der Waals surface area contributed by atoms with E-state index in [1.165, 1.54) is 0 Å². The van der Waals surface area contributed by atoms with Crippen LogP contribution >= 0.6 is 0 Å². The van der Waals surface area contributed by atoms with Crippen molar-refractivity contribution in [2.75, 3.05) is 0 Å². The number of carbonyl (C=O) groups excluding carboxylic acids is 1. The van der Waals surface area contributed by atoms with Gasteiger partial charge in [0.15, 0.2) is 6.29 Å². The first-order chi connectivity index (χ1) is 11.0. The molecule has 0 bridgehead atoms. The fraction of sp³-hybridized carbons (Fsp3) is 0.556. The van der Waals surface area contributed by atoms with Gasteiger partial charge >= 0.3 is 11.9 Å². The molecule has 0 aliphatic heterocycles. The molecule has 0 radical (unpaired) electrons. The second-order valence-corrected chi connectivity index (χ2v) is 6.95. The van der Waals surface area contributed by atoms with Gasteiger partial charge in [-0.05, 0) is 44.7 Å². The summed E-state index contributed by atoms with van der Waals surface area (Å²) in [5.74, 6) is -2.24. The Balaban J connectivity index is 3.09. The highest BCUT2D eigenvalue weighted by atomic mass is 16.6. The van der Waals surface area contributed by atoms with E-state index in [1.807, 2.05) is 19.1 Å². The van der Waals surface area contributed by atoms with Crippen LogP contribution in [0.3, 0.4) is 0 Å². The monoisotopic (exact) mass is 338 g/mol. The van der Waals surface area contributed by atoms with Crippen LogP contribution in [-0.2, 0) is 27.2 Å². The van der Waals surface area contributed by atoms with Crippen molar-refractivity contribution in [2.45, 2.75) is 58.8 Å². The summed E-state index contributed by atoms with van der Waals surface area (Å²) in [4.78, 5) is 23.8. The highest BCUT2D eigenvalue weighted by Gasteiger charge is 2.48. The lowest BCUT2D eigenvalue weighted by Crippen LogP contribution is -2.47. The summed E-state index contributed by atoms with van der Waals surface area (Å²) >= 11 is 0. The zero-order valence-electron chi connectivity index (χ0n) is 14.6. The third-order valence-electron chi connectivity index (χ3n) is 3.75. The molecule has 0 aliphatic carbocycles. The molecule has 1 rings (SSSR count). The molecular weight excluding hydrogens is 312 g/mol. The number of ether oxygens (including phenoxy) is 1. The van der Waals surface area contributed by atoms with Gasteiger partial charge in [-0.2, -0.15) is 0 Å². The largest absolute Gasteiger partial charge is 0.481 e. The average molecular weight is 338 g/mol. The highest BCUT2D eigenvalue weighted by Crippen LogP contribution is 2.32. The number of hydrogen-bond donors (Lipinski definition) is 3. The van der Waals surface area contributed by atoms with Crippen LogP contribution in [0.5, 0.6) is 0 Å². The minimum Gasteiger partial charge on any atom is -0.481 e. The molecule has 1 aromatic carbocycles. The van der Waals surface area contributed by atoms with E-state index in [4.69, 9.17) is 4.74 Å². The molecular formula is C18H26O6. The van der Waals surface area contributed by atoms with Crippen LogP contribution in [0.1, 0.15) is 45.2 Å². The Morgan fingerprint density at radius 1 is 1.08 bits per heavy atom. The highest BCUT2D eigenvalue weighted by molar-refractivity contribution is 5.83. The molecule has 1 aromatic rings. The van der Waals surface area contributed by atoms with E-state index in [1.54, 1.807) is 32.9 Å². The molecule has 0 amide bonds. The Bertz CT molecular complexity index is 570. The number of carboxylic acids is 1. The Kier molecular flexibility index (Phi) is 6.51. The number of esters is 1. The van der Waals surface area contributed by atoms with E-state index in [0.717, 1.165) is 12.0 Å². The number of aliphatic carboxylic acids is 1. The van der Waals surface area contributed by atoms with Crippen LogP contribution in [0, 0.1) is 5.41 Å². The second-order valence-electron chi connectivity index (χ2n) is 6.95. The standard InChI is InChI=1S/C18H26O6/c1-5-12-6-8-13(9-7-12)10-18(15(20)21,16(22)23)11-14(19)24-17(2,3)4/h6-9,15,20-21H,5,10-11H2,1-4H3,(H,22,23). The lowest BCUT2D eigenvalue weighted by Gasteiger charge is -2.31. The molecule has 0 fully saturated rings. The number of aryl methyl sites for hydroxylation is 1. The minimum atomic E-state index is -2.20. The predicted octanol–water partition coefficient (Wildman–Crippen LogP) is 1.90. The first kappa shape index (κ1) is 20.1. The Morgan fingerprint density at radius 3 is 1.96 bits per heavy atom. The molecule has 6 heteroatoms. The maximum absolute atomic E-state index is 12.1. The third kappa shape index (κ3) is 5.32. The summed E-state index contributed by atoms with van der Waals surface area (Å²) in [6.07, 6.45) is -2.19. The quantitative estimate of drug-likeness (QED) is 0.518. The summed E-state index contributed by atoms with van der Waals surface area (Å²) in [6.45, 7) is 6.97. The summed E-state index contributed by atoms with van der Waals surface area (Å²) in [5, 5.41) is 29.0. The predicted molar refractivity (Wildman–Crippen MR) is 88.3 cm³/mol. The molecule has 6 nitrogen and oxygen atoms in total. The molecule has 0 heterocycles. The smallest absolute Gasteiger partial charge is 0.315 e. The van der Waals surface area contributed by atoms with Crippen molar-refractivity contribution < 1.29 is 29.6 Å². The van der Waals surface area contributed by atoms with E-state index in [-0.39, 0.29) is 6.42 Å². The van der Waals surface area contributed by atoms with Gasteiger partial charge in [0.05, 0.1) is 6.42 Å². The molecule has 0 saturated heterocycles. The van der Waals surface area contributed by atoms with Gasteiger partial charge in [-0.3, -0.25) is 9.59 Å². The van der Waals surface area contributed by atoms with Crippen LogP contribution in [0.2, 0.25) is 0 Å². The Hall–Kier alpha value is -1.92. The van der Waals surface area contributed by atoms with Crippen molar-refractivity contribution in [1.82, 2.24) is 0 Å². The first-order valence-electron chi connectivity index (χ1n) is 7.89. The van der Waals surface area contributed by atoms with Crippen molar-refractivity contribution in [3.8, 4) is 0 Å². The van der Waals surface area contributed by atoms with Gasteiger partial charge < -0.3 is 20.1 Å². The molecule has 0 aliphatic rings. The number of carboxylic acid groups (broad SMARTS) is 1. The Morgan fingerprint density at radius 2 is 1.58 bits per heavy atom. The van der Waals surface area contributed by atoms with Crippen molar-refractivity contribution in [2.24, 2.45) is 5.41 Å². The number of carbonyl (C=O) groups is 2. The molecule has 1 atom stereocenters. The molecule has 3 N–H and O–H groups in total. The van der Waals surface area contributed by atoms with Crippen LogP contribution in [-0.4, -0.2) is 39.1 Å². The SMILES string of the molecule is CCc1ccc(CC(CC(=O)OC(C)(C)C)(C(=O)O)C(O)O)cc1. The molecule has 24 heavy (non-hydrogen) atoms. The van der Waals surface area contributed by atoms with Crippen molar-refractivity contribution in [1.29, 1.82) is 0 Å². The van der Waals surface area contributed by atoms with Crippen LogP contribution in [0.15, 0.2) is 24.3 Å². The van der Waals surface area contributed by atoms with Crippen molar-refractivity contribution in [3.05, 3.63) is 35.4 Å². The fourth-order valence-electron chi connectivity index (χ4n) is 2.40. The topological polar surface area (TPSA) is 104 Å². The summed E-state index contributed by atoms with van der Waals surface area (Å²) in [5.41, 5.74) is -1.16. The lowest BCUT2D eigenvalue weighted by atomic mass is 9.77. The molecule has 1 unspecified atom stereocenters. The number of hydrogen-bond acceptors (Lipinski definition) is 5. The number of aliphatic hydroxyl groups is 2. The zero-order chi connectivity index (χ0) is 18.5. The molecule has 0 spiro atoms. The van der Waals surface area contributed by atoms with E-state index >= 15 is 0 Å². The molecule has 134 valence electrons. The van der Waals surface area contributed by atoms with Gasteiger partial charge in [-0.15, -0.1) is 0 Å². The molecule has 0 aromatic heterocycles. The zero-order valence-corrected chi connectivity index (χ0v) is 14.6. The van der Waals surface area contributed by atoms with Gasteiger partial charge in [0.25, 0.3) is 0 Å². The van der Waals surface area contributed by atoms with Gasteiger partial charge in [-0.1, -0.05) is 31.2 Å². The lowest BCUT2D eigenvalue weighted by molar-refractivity contribution is -0.192. The number of benzene rings is 1. The summed E-state index contributed by atoms with van der Waals surface area (Å²) < 4.78 is 5.14. The minimum absolute atomic E-state index is 0.191. The van der Waals surface area contributed by atoms with Gasteiger partial charge in [0.1, 0.15) is 11.0 Å². The van der Waals surface area contributed by atoms with E-state index < -0.39 is 35.7 Å². The van der Waals surface area contributed by atoms with Crippen LogP contribution in [0.25, 0.3) is 0 Å². The summed E-state index contributed by atoms with van der Waals surface area (Å²) in [7, 11) is 0. The van der Waals surface area contributed by atoms with Crippen molar-refractivity contribution >= 4 is 11.9 Å².